The van der Waals surface area contributed by atoms with E-state index in [4.69, 9.17) is 0 Å². The lowest BCUT2D eigenvalue weighted by molar-refractivity contribution is 0.170. The van der Waals surface area contributed by atoms with Gasteiger partial charge in [0.05, 0.1) is 18.3 Å². The van der Waals surface area contributed by atoms with Gasteiger partial charge in [-0.1, -0.05) is 12.8 Å². The lowest BCUT2D eigenvalue weighted by Crippen LogP contribution is -2.39. The fourth-order valence-corrected chi connectivity index (χ4v) is 4.67. The number of hydrogen-bond donors (Lipinski definition) is 2. The van der Waals surface area contributed by atoms with Crippen molar-refractivity contribution in [3.05, 3.63) is 23.8 Å². The average Bonchev–Trinajstić information content (AvgIpc) is 3.18. The summed E-state index contributed by atoms with van der Waals surface area (Å²) in [6.45, 7) is 0. The summed E-state index contributed by atoms with van der Waals surface area (Å²) >= 11 is 1.76. The number of nitrogens with zero attached hydrogens (tertiary/aromatic N) is 3. The monoisotopic (exact) mass is 336 g/mol. The Kier molecular flexibility index (Phi) is 4.15. The van der Waals surface area contributed by atoms with Crippen LogP contribution in [0.3, 0.4) is 0 Å². The largest absolute Gasteiger partial charge is 0.390 e. The van der Waals surface area contributed by atoms with Crippen LogP contribution < -0.4 is 5.32 Å². The van der Waals surface area contributed by atoms with Crippen LogP contribution in [0.15, 0.2) is 12.3 Å². The number of rotatable bonds is 3. The predicted octanol–water partition coefficient (Wildman–Crippen LogP) is 2.80. The van der Waals surface area contributed by atoms with Crippen LogP contribution in [0.4, 0.5) is 10.3 Å². The van der Waals surface area contributed by atoms with Gasteiger partial charge in [-0.05, 0) is 31.1 Å². The molecular formula is C16H21FN4OS. The highest BCUT2D eigenvalue weighted by Crippen LogP contribution is 2.35. The number of thioether (sulfide) groups is 1. The standard InChI is InChI=1S/C16H21FN4OS/c17-11-7-13(10-3-1-2-4-10)21-14(11)8-18-16(20-21)19-12-5-6-23-9-15(12)22/h7-8,10,12,15,22H,1-6,9H2,(H,19,20)/t12-,15?/m1/s1. The minimum absolute atomic E-state index is 0.0379. The highest BCUT2D eigenvalue weighted by atomic mass is 32.2. The van der Waals surface area contributed by atoms with Crippen LogP contribution in [0, 0.1) is 5.82 Å². The number of hydrogen-bond acceptors (Lipinski definition) is 5. The van der Waals surface area contributed by atoms with Crippen molar-refractivity contribution in [1.29, 1.82) is 0 Å². The molecule has 2 fully saturated rings. The molecule has 2 aromatic heterocycles. The summed E-state index contributed by atoms with van der Waals surface area (Å²) in [5.41, 5.74) is 1.37. The summed E-state index contributed by atoms with van der Waals surface area (Å²) in [4.78, 5) is 4.24. The van der Waals surface area contributed by atoms with Gasteiger partial charge in [-0.3, -0.25) is 0 Å². The number of fused-ring (bicyclic) bond motifs is 1. The number of anilines is 1. The average molecular weight is 336 g/mol. The van der Waals surface area contributed by atoms with Gasteiger partial charge in [-0.15, -0.1) is 5.10 Å². The SMILES string of the molecule is OC1CSCC[C@H]1Nc1ncc2c(F)cc(C3CCCC3)n2n1. The lowest BCUT2D eigenvalue weighted by Gasteiger charge is -2.27. The van der Waals surface area contributed by atoms with Crippen LogP contribution in [0.25, 0.3) is 5.52 Å². The van der Waals surface area contributed by atoms with E-state index in [2.05, 4.69) is 15.4 Å². The first-order valence-corrected chi connectivity index (χ1v) is 9.44. The molecule has 124 valence electrons. The van der Waals surface area contributed by atoms with Crippen molar-refractivity contribution in [2.45, 2.75) is 50.2 Å². The second-order valence-corrected chi connectivity index (χ2v) is 7.61. The predicted molar refractivity (Wildman–Crippen MR) is 89.5 cm³/mol. The van der Waals surface area contributed by atoms with E-state index in [9.17, 15) is 9.50 Å². The maximum atomic E-state index is 14.1. The van der Waals surface area contributed by atoms with Gasteiger partial charge in [0.1, 0.15) is 5.52 Å². The summed E-state index contributed by atoms with van der Waals surface area (Å²) in [5, 5.41) is 17.8. The summed E-state index contributed by atoms with van der Waals surface area (Å²) in [7, 11) is 0. The minimum atomic E-state index is -0.399. The summed E-state index contributed by atoms with van der Waals surface area (Å²) in [6, 6.07) is 1.57. The van der Waals surface area contributed by atoms with Crippen molar-refractivity contribution in [2.75, 3.05) is 16.8 Å². The van der Waals surface area contributed by atoms with Gasteiger partial charge in [0.15, 0.2) is 5.82 Å². The first-order chi connectivity index (χ1) is 11.2. The van der Waals surface area contributed by atoms with Crippen LogP contribution in [-0.4, -0.2) is 43.4 Å². The van der Waals surface area contributed by atoms with E-state index in [1.807, 2.05) is 0 Å². The van der Waals surface area contributed by atoms with Crippen LogP contribution in [0.5, 0.6) is 0 Å². The first kappa shape index (κ1) is 15.2. The zero-order valence-electron chi connectivity index (χ0n) is 12.9. The molecule has 5 nitrogen and oxygen atoms in total. The zero-order chi connectivity index (χ0) is 15.8. The van der Waals surface area contributed by atoms with Crippen molar-refractivity contribution < 1.29 is 9.50 Å². The molecule has 2 aliphatic rings. The van der Waals surface area contributed by atoms with Crippen LogP contribution >= 0.6 is 11.8 Å². The Morgan fingerprint density at radius 1 is 1.30 bits per heavy atom. The molecule has 4 rings (SSSR count). The van der Waals surface area contributed by atoms with E-state index in [1.54, 1.807) is 22.3 Å². The molecule has 3 heterocycles. The van der Waals surface area contributed by atoms with Gasteiger partial charge in [0, 0.05) is 17.4 Å². The Morgan fingerprint density at radius 2 is 2.13 bits per heavy atom. The highest BCUT2D eigenvalue weighted by molar-refractivity contribution is 7.99. The molecule has 0 spiro atoms. The Hall–Kier alpha value is -1.34. The Morgan fingerprint density at radius 3 is 2.91 bits per heavy atom. The van der Waals surface area contributed by atoms with E-state index in [1.165, 1.54) is 19.0 Å². The van der Waals surface area contributed by atoms with E-state index in [-0.39, 0.29) is 11.9 Å². The molecule has 0 radical (unpaired) electrons. The number of aliphatic hydroxyl groups is 1. The molecule has 1 aliphatic heterocycles. The van der Waals surface area contributed by atoms with Gasteiger partial charge in [0.2, 0.25) is 5.95 Å². The van der Waals surface area contributed by atoms with Crippen molar-refractivity contribution in [3.63, 3.8) is 0 Å². The Labute approximate surface area is 138 Å². The number of halogens is 1. The molecular weight excluding hydrogens is 315 g/mol. The van der Waals surface area contributed by atoms with Gasteiger partial charge in [-0.2, -0.15) is 11.8 Å². The molecule has 1 saturated heterocycles. The van der Waals surface area contributed by atoms with E-state index in [0.29, 0.717) is 17.4 Å². The smallest absolute Gasteiger partial charge is 0.241 e. The maximum absolute atomic E-state index is 14.1. The number of aliphatic hydroxyl groups excluding tert-OH is 1. The van der Waals surface area contributed by atoms with E-state index in [0.717, 1.165) is 36.5 Å². The van der Waals surface area contributed by atoms with Crippen LogP contribution in [0.2, 0.25) is 0 Å². The van der Waals surface area contributed by atoms with Crippen molar-refractivity contribution in [2.24, 2.45) is 0 Å². The van der Waals surface area contributed by atoms with Gasteiger partial charge in [-0.25, -0.2) is 13.9 Å². The number of aromatic nitrogens is 3. The summed E-state index contributed by atoms with van der Waals surface area (Å²) < 4.78 is 15.8. The Bertz CT molecular complexity index is 701. The Balaban J connectivity index is 1.64. The highest BCUT2D eigenvalue weighted by Gasteiger charge is 2.26. The van der Waals surface area contributed by atoms with Crippen molar-refractivity contribution in [1.82, 2.24) is 14.6 Å². The molecule has 1 aliphatic carbocycles. The quantitative estimate of drug-likeness (QED) is 0.902. The first-order valence-electron chi connectivity index (χ1n) is 8.29. The van der Waals surface area contributed by atoms with Gasteiger partial charge < -0.3 is 10.4 Å². The van der Waals surface area contributed by atoms with Crippen molar-refractivity contribution in [3.8, 4) is 0 Å². The molecule has 0 amide bonds. The van der Waals surface area contributed by atoms with Gasteiger partial charge >= 0.3 is 0 Å². The van der Waals surface area contributed by atoms with Crippen LogP contribution in [0.1, 0.15) is 43.7 Å². The van der Waals surface area contributed by atoms with E-state index >= 15 is 0 Å². The molecule has 2 atom stereocenters. The second-order valence-electron chi connectivity index (χ2n) is 6.46. The number of nitrogens with one attached hydrogen (secondary N) is 1. The summed E-state index contributed by atoms with van der Waals surface area (Å²) in [5.74, 6) is 2.33. The normalized spacial score (nSPS) is 26.0. The molecule has 23 heavy (non-hydrogen) atoms. The molecule has 1 unspecified atom stereocenters. The molecule has 7 heteroatoms. The second kappa shape index (κ2) is 6.28. The maximum Gasteiger partial charge on any atom is 0.241 e. The molecule has 1 saturated carbocycles. The summed E-state index contributed by atoms with van der Waals surface area (Å²) in [6.07, 6.45) is 6.59. The molecule has 2 N–H and O–H groups in total. The third kappa shape index (κ3) is 2.92. The van der Waals surface area contributed by atoms with Gasteiger partial charge in [0.25, 0.3) is 0 Å². The third-order valence-corrected chi connectivity index (χ3v) is 6.01. The fraction of sp³-hybridized carbons (Fsp3) is 0.625. The molecule has 0 bridgehead atoms. The lowest BCUT2D eigenvalue weighted by atomic mass is 10.1. The molecule has 2 aromatic rings. The third-order valence-electron chi connectivity index (χ3n) is 4.91. The minimum Gasteiger partial charge on any atom is -0.390 e. The van der Waals surface area contributed by atoms with E-state index < -0.39 is 6.10 Å². The topological polar surface area (TPSA) is 62.5 Å². The van der Waals surface area contributed by atoms with Crippen molar-refractivity contribution >= 4 is 23.2 Å². The fourth-order valence-electron chi connectivity index (χ4n) is 3.61. The zero-order valence-corrected chi connectivity index (χ0v) is 13.7. The van der Waals surface area contributed by atoms with Crippen LogP contribution in [-0.2, 0) is 0 Å². The molecule has 0 aromatic carbocycles.